The molecule has 0 bridgehead atoms. The van der Waals surface area contributed by atoms with E-state index in [0.717, 1.165) is 12.8 Å². The number of para-hydroxylation sites is 1. The van der Waals surface area contributed by atoms with Crippen LogP contribution in [0.1, 0.15) is 54.3 Å². The highest BCUT2D eigenvalue weighted by molar-refractivity contribution is 6.08. The number of aryl methyl sites for hydroxylation is 1. The Morgan fingerprint density at radius 2 is 2.16 bits per heavy atom. The molecule has 0 aliphatic rings. The SMILES string of the molecule is CCCC(C)c1cc(C)c(C(=O)Nc2cccc3n[nH]nc23)c(=O)o1. The zero-order valence-electron chi connectivity index (χ0n) is 14.4. The number of H-pyrrole nitrogens is 1. The molecule has 130 valence electrons. The van der Waals surface area contributed by atoms with Gasteiger partial charge in [0.1, 0.15) is 22.4 Å². The molecule has 0 saturated heterocycles. The van der Waals surface area contributed by atoms with E-state index in [1.165, 1.54) is 0 Å². The van der Waals surface area contributed by atoms with Crippen molar-refractivity contribution < 1.29 is 9.21 Å². The van der Waals surface area contributed by atoms with E-state index in [1.54, 1.807) is 31.2 Å². The van der Waals surface area contributed by atoms with Gasteiger partial charge in [0.25, 0.3) is 5.91 Å². The molecule has 1 aromatic carbocycles. The summed E-state index contributed by atoms with van der Waals surface area (Å²) in [6, 6.07) is 7.01. The second kappa shape index (κ2) is 6.88. The fourth-order valence-corrected chi connectivity index (χ4v) is 2.88. The molecule has 0 radical (unpaired) electrons. The zero-order valence-corrected chi connectivity index (χ0v) is 14.4. The minimum Gasteiger partial charge on any atom is -0.427 e. The summed E-state index contributed by atoms with van der Waals surface area (Å²) in [6.07, 6.45) is 1.91. The lowest BCUT2D eigenvalue weighted by Crippen LogP contribution is -2.23. The number of amides is 1. The first-order chi connectivity index (χ1) is 12.0. The normalized spacial score (nSPS) is 12.3. The van der Waals surface area contributed by atoms with Crippen molar-refractivity contribution in [1.82, 2.24) is 15.4 Å². The highest BCUT2D eigenvalue weighted by Crippen LogP contribution is 2.23. The molecule has 7 nitrogen and oxygen atoms in total. The molecule has 3 aromatic rings. The van der Waals surface area contributed by atoms with Crippen LogP contribution in [-0.2, 0) is 0 Å². The molecule has 1 atom stereocenters. The molecule has 3 rings (SSSR count). The maximum Gasteiger partial charge on any atom is 0.349 e. The van der Waals surface area contributed by atoms with Gasteiger partial charge in [0.2, 0.25) is 0 Å². The molecule has 0 fully saturated rings. The number of nitrogens with one attached hydrogen (secondary N) is 2. The lowest BCUT2D eigenvalue weighted by atomic mass is 10.0. The number of fused-ring (bicyclic) bond motifs is 1. The van der Waals surface area contributed by atoms with Crippen molar-refractivity contribution in [3.63, 3.8) is 0 Å². The standard InChI is InChI=1S/C18H20N4O3/c1-4-6-10(2)14-9-11(3)15(18(24)25-14)17(23)19-12-7-5-8-13-16(12)21-22-20-13/h5,7-10H,4,6H2,1-3H3,(H,19,23)(H,20,21,22). The van der Waals surface area contributed by atoms with Crippen LogP contribution in [0.25, 0.3) is 11.0 Å². The smallest absolute Gasteiger partial charge is 0.349 e. The van der Waals surface area contributed by atoms with Crippen LogP contribution in [0.4, 0.5) is 5.69 Å². The molecule has 0 aliphatic heterocycles. The summed E-state index contributed by atoms with van der Waals surface area (Å²) in [5, 5.41) is 13.2. The molecule has 2 heterocycles. The summed E-state index contributed by atoms with van der Waals surface area (Å²) in [5.41, 5.74) is 1.63. The third-order valence-electron chi connectivity index (χ3n) is 4.20. The van der Waals surface area contributed by atoms with E-state index in [0.29, 0.717) is 28.0 Å². The lowest BCUT2D eigenvalue weighted by molar-refractivity contribution is 0.102. The Morgan fingerprint density at radius 3 is 2.88 bits per heavy atom. The van der Waals surface area contributed by atoms with Crippen molar-refractivity contribution in [2.75, 3.05) is 5.32 Å². The van der Waals surface area contributed by atoms with Crippen LogP contribution in [-0.4, -0.2) is 21.3 Å². The molecule has 25 heavy (non-hydrogen) atoms. The predicted octanol–water partition coefficient (Wildman–Crippen LogP) is 3.38. The molecule has 7 heteroatoms. The summed E-state index contributed by atoms with van der Waals surface area (Å²) in [6.45, 7) is 5.82. The van der Waals surface area contributed by atoms with Gasteiger partial charge in [0.15, 0.2) is 0 Å². The van der Waals surface area contributed by atoms with Crippen molar-refractivity contribution in [3.8, 4) is 0 Å². The van der Waals surface area contributed by atoms with Gasteiger partial charge in [-0.05, 0) is 37.1 Å². The van der Waals surface area contributed by atoms with Gasteiger partial charge >= 0.3 is 5.63 Å². The second-order valence-electron chi connectivity index (χ2n) is 6.13. The number of hydrogen-bond acceptors (Lipinski definition) is 5. The number of carbonyl (C=O) groups excluding carboxylic acids is 1. The Labute approximate surface area is 144 Å². The van der Waals surface area contributed by atoms with Crippen LogP contribution in [0.3, 0.4) is 0 Å². The van der Waals surface area contributed by atoms with E-state index < -0.39 is 11.5 Å². The van der Waals surface area contributed by atoms with E-state index in [1.807, 2.05) is 6.92 Å². The van der Waals surface area contributed by atoms with Crippen LogP contribution >= 0.6 is 0 Å². The molecule has 1 unspecified atom stereocenters. The molecule has 2 N–H and O–H groups in total. The van der Waals surface area contributed by atoms with E-state index in [9.17, 15) is 9.59 Å². The molecule has 0 spiro atoms. The Kier molecular flexibility index (Phi) is 4.65. The Hall–Kier alpha value is -2.96. The molecule has 0 saturated carbocycles. The number of rotatable bonds is 5. The summed E-state index contributed by atoms with van der Waals surface area (Å²) >= 11 is 0. The summed E-state index contributed by atoms with van der Waals surface area (Å²) < 4.78 is 5.38. The Balaban J connectivity index is 1.92. The number of aromatic nitrogens is 3. The van der Waals surface area contributed by atoms with Crippen LogP contribution < -0.4 is 10.9 Å². The van der Waals surface area contributed by atoms with Crippen molar-refractivity contribution in [3.05, 3.63) is 51.6 Å². The van der Waals surface area contributed by atoms with Gasteiger partial charge in [-0.1, -0.05) is 26.3 Å². The number of carbonyl (C=O) groups is 1. The highest BCUT2D eigenvalue weighted by Gasteiger charge is 2.20. The van der Waals surface area contributed by atoms with Gasteiger partial charge in [0.05, 0.1) is 5.69 Å². The van der Waals surface area contributed by atoms with Gasteiger partial charge in [-0.25, -0.2) is 4.79 Å². The van der Waals surface area contributed by atoms with Crippen LogP contribution in [0.2, 0.25) is 0 Å². The largest absolute Gasteiger partial charge is 0.427 e. The van der Waals surface area contributed by atoms with Gasteiger partial charge < -0.3 is 9.73 Å². The lowest BCUT2D eigenvalue weighted by Gasteiger charge is -2.12. The minimum absolute atomic E-state index is 0.00736. The topological polar surface area (TPSA) is 101 Å². The zero-order chi connectivity index (χ0) is 18.0. The van der Waals surface area contributed by atoms with Gasteiger partial charge in [0, 0.05) is 5.92 Å². The monoisotopic (exact) mass is 340 g/mol. The van der Waals surface area contributed by atoms with Gasteiger partial charge in [-0.15, -0.1) is 0 Å². The molecule has 2 aromatic heterocycles. The molecular formula is C18H20N4O3. The van der Waals surface area contributed by atoms with E-state index in [2.05, 4.69) is 27.7 Å². The van der Waals surface area contributed by atoms with Gasteiger partial charge in [-0.2, -0.15) is 15.4 Å². The Morgan fingerprint density at radius 1 is 1.36 bits per heavy atom. The average Bonchev–Trinajstić information content (AvgIpc) is 3.04. The maximum atomic E-state index is 12.6. The van der Waals surface area contributed by atoms with Crippen molar-refractivity contribution in [1.29, 1.82) is 0 Å². The average molecular weight is 340 g/mol. The summed E-state index contributed by atoms with van der Waals surface area (Å²) in [7, 11) is 0. The number of anilines is 1. The Bertz CT molecular complexity index is 974. The number of hydrogen-bond donors (Lipinski definition) is 2. The van der Waals surface area contributed by atoms with E-state index in [4.69, 9.17) is 4.42 Å². The van der Waals surface area contributed by atoms with E-state index in [-0.39, 0.29) is 11.5 Å². The van der Waals surface area contributed by atoms with Crippen LogP contribution in [0.5, 0.6) is 0 Å². The first-order valence-corrected chi connectivity index (χ1v) is 8.26. The van der Waals surface area contributed by atoms with Crippen molar-refractivity contribution in [2.24, 2.45) is 0 Å². The third-order valence-corrected chi connectivity index (χ3v) is 4.20. The summed E-state index contributed by atoms with van der Waals surface area (Å²) in [5.74, 6) is 0.230. The predicted molar refractivity (Wildman–Crippen MR) is 94.9 cm³/mol. The minimum atomic E-state index is -0.622. The third kappa shape index (κ3) is 3.31. The van der Waals surface area contributed by atoms with E-state index >= 15 is 0 Å². The summed E-state index contributed by atoms with van der Waals surface area (Å²) in [4.78, 5) is 25.0. The number of benzene rings is 1. The fraction of sp³-hybridized carbons (Fsp3) is 0.333. The maximum absolute atomic E-state index is 12.6. The first-order valence-electron chi connectivity index (χ1n) is 8.26. The van der Waals surface area contributed by atoms with Crippen LogP contribution in [0, 0.1) is 6.92 Å². The second-order valence-corrected chi connectivity index (χ2v) is 6.13. The quantitative estimate of drug-likeness (QED) is 0.741. The molecular weight excluding hydrogens is 320 g/mol. The first kappa shape index (κ1) is 16.9. The van der Waals surface area contributed by atoms with Gasteiger partial charge in [-0.3, -0.25) is 4.79 Å². The molecule has 0 aliphatic carbocycles. The van der Waals surface area contributed by atoms with Crippen LogP contribution in [0.15, 0.2) is 33.5 Å². The van der Waals surface area contributed by atoms with Crippen molar-refractivity contribution >= 4 is 22.6 Å². The molecule has 1 amide bonds. The number of aromatic amines is 1. The number of nitrogens with zero attached hydrogens (tertiary/aromatic N) is 2. The fourth-order valence-electron chi connectivity index (χ4n) is 2.88. The van der Waals surface area contributed by atoms with Crippen molar-refractivity contribution in [2.45, 2.75) is 39.5 Å². The highest BCUT2D eigenvalue weighted by atomic mass is 16.4.